The summed E-state index contributed by atoms with van der Waals surface area (Å²) in [7, 11) is 0. The molecule has 1 fully saturated rings. The van der Waals surface area contributed by atoms with Crippen LogP contribution in [0.15, 0.2) is 27.8 Å². The molecule has 1 aromatic carbocycles. The lowest BCUT2D eigenvalue weighted by Crippen LogP contribution is -2.39. The predicted molar refractivity (Wildman–Crippen MR) is 108 cm³/mol. The average Bonchev–Trinajstić information content (AvgIpc) is 3.43. The number of carbonyl (C=O) groups is 2. The number of benzene rings is 1. The van der Waals surface area contributed by atoms with E-state index in [-0.39, 0.29) is 6.61 Å². The highest BCUT2D eigenvalue weighted by Gasteiger charge is 2.36. The lowest BCUT2D eigenvalue weighted by atomic mass is 10.00. The van der Waals surface area contributed by atoms with E-state index in [1.54, 1.807) is 17.0 Å². The van der Waals surface area contributed by atoms with Crippen LogP contribution in [0.2, 0.25) is 0 Å². The number of aromatic hydroxyl groups is 1. The van der Waals surface area contributed by atoms with Gasteiger partial charge in [-0.3, -0.25) is 19.0 Å². The van der Waals surface area contributed by atoms with Crippen molar-refractivity contribution >= 4 is 34.1 Å². The fraction of sp³-hybridized carbons (Fsp3) is 0.300. The van der Waals surface area contributed by atoms with Gasteiger partial charge in [-0.25, -0.2) is 4.98 Å². The number of nitrogens with zero attached hydrogens (tertiary/aromatic N) is 2. The second-order valence-corrected chi connectivity index (χ2v) is 8.09. The van der Waals surface area contributed by atoms with Crippen LogP contribution < -0.4 is 15.6 Å². The maximum Gasteiger partial charge on any atom is 0.322 e. The van der Waals surface area contributed by atoms with E-state index in [4.69, 9.17) is 9.84 Å². The van der Waals surface area contributed by atoms with Crippen LogP contribution in [0, 0.1) is 0 Å². The summed E-state index contributed by atoms with van der Waals surface area (Å²) in [6.45, 7) is -0.503. The van der Waals surface area contributed by atoms with Gasteiger partial charge >= 0.3 is 5.97 Å². The largest absolute Gasteiger partial charge is 0.506 e. The third-order valence-electron chi connectivity index (χ3n) is 5.46. The maximum absolute atomic E-state index is 13.4. The molecule has 9 nitrogen and oxygen atoms in total. The molecule has 1 aliphatic heterocycles. The van der Waals surface area contributed by atoms with Crippen LogP contribution in [0.1, 0.15) is 46.4 Å². The van der Waals surface area contributed by atoms with Crippen LogP contribution in [0.25, 0.3) is 10.9 Å². The topological polar surface area (TPSA) is 131 Å². The number of hydrogen-bond acceptors (Lipinski definition) is 7. The fourth-order valence-corrected chi connectivity index (χ4v) is 4.53. The Morgan fingerprint density at radius 2 is 2.13 bits per heavy atom. The van der Waals surface area contributed by atoms with Gasteiger partial charge in [0.1, 0.15) is 36.3 Å². The molecule has 10 heteroatoms. The van der Waals surface area contributed by atoms with Crippen molar-refractivity contribution in [2.45, 2.75) is 24.8 Å². The van der Waals surface area contributed by atoms with Gasteiger partial charge in [-0.05, 0) is 30.4 Å². The molecule has 1 unspecified atom stereocenters. The molecule has 3 N–H and O–H groups in total. The van der Waals surface area contributed by atoms with Gasteiger partial charge in [-0.1, -0.05) is 6.07 Å². The first-order valence-electron chi connectivity index (χ1n) is 9.42. The maximum atomic E-state index is 13.4. The quantitative estimate of drug-likeness (QED) is 0.566. The van der Waals surface area contributed by atoms with Gasteiger partial charge in [-0.2, -0.15) is 0 Å². The van der Waals surface area contributed by atoms with Gasteiger partial charge < -0.3 is 20.3 Å². The summed E-state index contributed by atoms with van der Waals surface area (Å²) in [4.78, 5) is 41.1. The molecule has 154 valence electrons. The van der Waals surface area contributed by atoms with Gasteiger partial charge in [0.25, 0.3) is 11.5 Å². The first kappa shape index (κ1) is 18.6. The number of nitrogens with one attached hydrogen (secondary N) is 1. The number of aliphatic carboxylic acids is 1. The zero-order valence-electron chi connectivity index (χ0n) is 15.6. The highest BCUT2D eigenvalue weighted by Crippen LogP contribution is 2.49. The minimum absolute atomic E-state index is 0.163. The van der Waals surface area contributed by atoms with Gasteiger partial charge in [0.05, 0.1) is 16.7 Å². The zero-order chi connectivity index (χ0) is 21.0. The van der Waals surface area contributed by atoms with Crippen molar-refractivity contribution in [3.63, 3.8) is 0 Å². The number of rotatable bonds is 5. The van der Waals surface area contributed by atoms with E-state index >= 15 is 0 Å². The van der Waals surface area contributed by atoms with Crippen LogP contribution in [0.4, 0.5) is 0 Å². The van der Waals surface area contributed by atoms with Crippen LogP contribution in [-0.2, 0) is 4.79 Å². The molecule has 0 spiro atoms. The Bertz CT molecular complexity index is 1250. The van der Waals surface area contributed by atoms with Crippen molar-refractivity contribution < 1.29 is 24.5 Å². The zero-order valence-corrected chi connectivity index (χ0v) is 16.4. The highest BCUT2D eigenvalue weighted by atomic mass is 32.1. The summed E-state index contributed by atoms with van der Waals surface area (Å²) in [6, 6.07) is 2.96. The molecule has 0 bridgehead atoms. The third kappa shape index (κ3) is 2.83. The number of aromatic nitrogens is 2. The highest BCUT2D eigenvalue weighted by molar-refractivity contribution is 7.07. The second-order valence-electron chi connectivity index (χ2n) is 7.37. The molecule has 1 aliphatic carbocycles. The van der Waals surface area contributed by atoms with Gasteiger partial charge in [-0.15, -0.1) is 11.3 Å². The van der Waals surface area contributed by atoms with Crippen LogP contribution in [0.5, 0.6) is 11.5 Å². The molecule has 1 amide bonds. The molecule has 1 atom stereocenters. The SMILES string of the molecule is O=C(O)CNC(=O)c1c(O)c2ccc(C3CC3)c3c2n(c1=O)C(c1cscn1)CO3. The van der Waals surface area contributed by atoms with Crippen LogP contribution >= 0.6 is 11.3 Å². The summed E-state index contributed by atoms with van der Waals surface area (Å²) in [6.07, 6.45) is 2.06. The van der Waals surface area contributed by atoms with E-state index in [9.17, 15) is 19.5 Å². The summed E-state index contributed by atoms with van der Waals surface area (Å²) in [5.74, 6) is -1.78. The summed E-state index contributed by atoms with van der Waals surface area (Å²) in [5, 5.41) is 23.9. The number of pyridine rings is 1. The third-order valence-corrected chi connectivity index (χ3v) is 6.07. The molecule has 0 saturated heterocycles. The molecule has 3 heterocycles. The minimum atomic E-state index is -1.25. The van der Waals surface area contributed by atoms with Crippen molar-refractivity contribution in [2.24, 2.45) is 0 Å². The Labute approximate surface area is 173 Å². The first-order valence-corrected chi connectivity index (χ1v) is 10.4. The van der Waals surface area contributed by atoms with E-state index in [0.717, 1.165) is 18.4 Å². The lowest BCUT2D eigenvalue weighted by Gasteiger charge is -2.29. The van der Waals surface area contributed by atoms with E-state index in [2.05, 4.69) is 10.3 Å². The number of hydrogen-bond donors (Lipinski definition) is 3. The van der Waals surface area contributed by atoms with E-state index < -0.39 is 41.3 Å². The number of carboxylic acid groups (broad SMARTS) is 1. The molecule has 5 rings (SSSR count). The molecule has 2 aliphatic rings. The number of carbonyl (C=O) groups excluding carboxylic acids is 1. The Hall–Kier alpha value is -3.40. The van der Waals surface area contributed by atoms with Crippen molar-refractivity contribution in [3.8, 4) is 11.5 Å². The number of carboxylic acids is 1. The Morgan fingerprint density at radius 1 is 1.33 bits per heavy atom. The van der Waals surface area contributed by atoms with Gasteiger partial charge in [0.15, 0.2) is 0 Å². The number of amides is 1. The molecular formula is C20H17N3O6S. The Morgan fingerprint density at radius 3 is 2.80 bits per heavy atom. The van der Waals surface area contributed by atoms with E-state index in [1.165, 1.54) is 15.9 Å². The Balaban J connectivity index is 1.79. The standard InChI is InChI=1S/C20H17N3O6S/c24-14(25)5-21-19(27)15-17(26)11-4-3-10(9-1-2-9)18-16(11)23(20(15)28)13(6-29-18)12-7-30-8-22-12/h3-4,7-9,13,26H,1-2,5-6H2,(H,21,27)(H,24,25). The van der Waals surface area contributed by atoms with Crippen molar-refractivity contribution in [2.75, 3.05) is 13.2 Å². The number of ether oxygens (including phenoxy) is 1. The molecule has 2 aromatic heterocycles. The molecule has 0 radical (unpaired) electrons. The van der Waals surface area contributed by atoms with Crippen molar-refractivity contribution in [1.29, 1.82) is 0 Å². The fourth-order valence-electron chi connectivity index (χ4n) is 3.93. The average molecular weight is 427 g/mol. The van der Waals surface area contributed by atoms with Gasteiger partial charge in [0, 0.05) is 10.8 Å². The van der Waals surface area contributed by atoms with Crippen molar-refractivity contribution in [1.82, 2.24) is 14.9 Å². The van der Waals surface area contributed by atoms with Crippen molar-refractivity contribution in [3.05, 3.63) is 50.2 Å². The molecule has 3 aromatic rings. The first-order chi connectivity index (χ1) is 14.5. The second kappa shape index (κ2) is 6.84. The van der Waals surface area contributed by atoms with Crippen LogP contribution in [0.3, 0.4) is 0 Å². The molecular weight excluding hydrogens is 410 g/mol. The van der Waals surface area contributed by atoms with E-state index in [1.807, 2.05) is 6.07 Å². The predicted octanol–water partition coefficient (Wildman–Crippen LogP) is 1.84. The monoisotopic (exact) mass is 427 g/mol. The summed E-state index contributed by atoms with van der Waals surface area (Å²) >= 11 is 1.38. The molecule has 30 heavy (non-hydrogen) atoms. The smallest absolute Gasteiger partial charge is 0.322 e. The molecule has 1 saturated carbocycles. The van der Waals surface area contributed by atoms with Crippen LogP contribution in [-0.4, -0.2) is 44.8 Å². The normalized spacial score (nSPS) is 17.5. The van der Waals surface area contributed by atoms with E-state index in [0.29, 0.717) is 28.3 Å². The Kier molecular flexibility index (Phi) is 4.24. The number of thiazole rings is 1. The van der Waals surface area contributed by atoms with Gasteiger partial charge in [0.2, 0.25) is 0 Å². The summed E-state index contributed by atoms with van der Waals surface area (Å²) in [5.41, 5.74) is 2.48. The summed E-state index contributed by atoms with van der Waals surface area (Å²) < 4.78 is 7.52. The minimum Gasteiger partial charge on any atom is -0.506 e. The lowest BCUT2D eigenvalue weighted by molar-refractivity contribution is -0.135.